The zero-order valence-electron chi connectivity index (χ0n) is 8.71. The minimum atomic E-state index is -4.56. The summed E-state index contributed by atoms with van der Waals surface area (Å²) in [6.45, 7) is 3.38. The largest absolute Gasteiger partial charge is 0.416 e. The molecule has 0 amide bonds. The van der Waals surface area contributed by atoms with Crippen LogP contribution in [0.4, 0.5) is 18.9 Å². The Labute approximate surface area is 90.0 Å². The van der Waals surface area contributed by atoms with Crippen molar-refractivity contribution in [3.8, 4) is 0 Å². The Morgan fingerprint density at radius 2 is 1.88 bits per heavy atom. The number of alkyl halides is 3. The van der Waals surface area contributed by atoms with E-state index in [4.69, 9.17) is 0 Å². The van der Waals surface area contributed by atoms with Crippen LogP contribution in [0.1, 0.15) is 30.9 Å². The number of hydrogen-bond donors (Lipinski definition) is 0. The average Bonchev–Trinajstić information content (AvgIpc) is 2.15. The van der Waals surface area contributed by atoms with Gasteiger partial charge in [-0.05, 0) is 12.0 Å². The molecule has 3 nitrogen and oxygen atoms in total. The molecule has 0 bridgehead atoms. The van der Waals surface area contributed by atoms with Crippen molar-refractivity contribution in [2.75, 3.05) is 0 Å². The second-order valence-corrected chi connectivity index (χ2v) is 3.68. The van der Waals surface area contributed by atoms with E-state index in [-0.39, 0.29) is 5.92 Å². The van der Waals surface area contributed by atoms with Gasteiger partial charge < -0.3 is 0 Å². The number of halogens is 3. The molecule has 6 heteroatoms. The van der Waals surface area contributed by atoms with E-state index >= 15 is 0 Å². The van der Waals surface area contributed by atoms with Gasteiger partial charge in [0.05, 0.1) is 10.5 Å². The van der Waals surface area contributed by atoms with E-state index in [1.165, 1.54) is 0 Å². The first-order valence-electron chi connectivity index (χ1n) is 4.59. The van der Waals surface area contributed by atoms with Crippen molar-refractivity contribution in [2.24, 2.45) is 0 Å². The second kappa shape index (κ2) is 4.11. The molecule has 0 unspecified atom stereocenters. The number of nitrogens with zero attached hydrogens (tertiary/aromatic N) is 1. The molecule has 16 heavy (non-hydrogen) atoms. The quantitative estimate of drug-likeness (QED) is 0.576. The first-order valence-corrected chi connectivity index (χ1v) is 4.59. The SMILES string of the molecule is CC(C)c1ccc(C(F)(F)F)cc1[N+](=O)[O-]. The van der Waals surface area contributed by atoms with E-state index in [0.29, 0.717) is 11.6 Å². The van der Waals surface area contributed by atoms with Gasteiger partial charge in [-0.3, -0.25) is 10.1 Å². The maximum atomic E-state index is 12.3. The van der Waals surface area contributed by atoms with E-state index in [1.807, 2.05) is 0 Å². The first-order chi connectivity index (χ1) is 7.23. The molecule has 0 saturated carbocycles. The fourth-order valence-corrected chi connectivity index (χ4v) is 1.37. The Balaban J connectivity index is 3.34. The van der Waals surface area contributed by atoms with Crippen molar-refractivity contribution < 1.29 is 18.1 Å². The van der Waals surface area contributed by atoms with E-state index in [0.717, 1.165) is 12.1 Å². The summed E-state index contributed by atoms with van der Waals surface area (Å²) in [7, 11) is 0. The highest BCUT2D eigenvalue weighted by Crippen LogP contribution is 2.35. The van der Waals surface area contributed by atoms with Crippen molar-refractivity contribution >= 4 is 5.69 Å². The van der Waals surface area contributed by atoms with Crippen molar-refractivity contribution in [3.63, 3.8) is 0 Å². The molecule has 1 rings (SSSR count). The molecule has 0 spiro atoms. The van der Waals surface area contributed by atoms with Crippen LogP contribution in [0.3, 0.4) is 0 Å². The molecule has 0 fully saturated rings. The summed E-state index contributed by atoms with van der Waals surface area (Å²) in [6.07, 6.45) is -4.56. The van der Waals surface area contributed by atoms with Crippen LogP contribution < -0.4 is 0 Å². The molecule has 0 aliphatic carbocycles. The summed E-state index contributed by atoms with van der Waals surface area (Å²) in [5.41, 5.74) is -1.17. The minimum absolute atomic E-state index is 0.192. The van der Waals surface area contributed by atoms with Crippen LogP contribution in [0.2, 0.25) is 0 Å². The van der Waals surface area contributed by atoms with Gasteiger partial charge in [0.25, 0.3) is 5.69 Å². The van der Waals surface area contributed by atoms with E-state index in [1.54, 1.807) is 13.8 Å². The van der Waals surface area contributed by atoms with Crippen LogP contribution in [-0.4, -0.2) is 4.92 Å². The fourth-order valence-electron chi connectivity index (χ4n) is 1.37. The lowest BCUT2D eigenvalue weighted by Crippen LogP contribution is -2.07. The third-order valence-electron chi connectivity index (χ3n) is 2.18. The fraction of sp³-hybridized carbons (Fsp3) is 0.400. The highest BCUT2D eigenvalue weighted by molar-refractivity contribution is 5.45. The van der Waals surface area contributed by atoms with E-state index in [2.05, 4.69) is 0 Å². The van der Waals surface area contributed by atoms with Gasteiger partial charge in [-0.25, -0.2) is 0 Å². The van der Waals surface area contributed by atoms with Crippen LogP contribution in [-0.2, 0) is 6.18 Å². The summed E-state index contributed by atoms with van der Waals surface area (Å²) < 4.78 is 37.0. The Morgan fingerprint density at radius 3 is 2.25 bits per heavy atom. The summed E-state index contributed by atoms with van der Waals surface area (Å²) >= 11 is 0. The summed E-state index contributed by atoms with van der Waals surface area (Å²) in [6, 6.07) is 2.60. The van der Waals surface area contributed by atoms with Crippen LogP contribution in [0.15, 0.2) is 18.2 Å². The number of rotatable bonds is 2. The topological polar surface area (TPSA) is 43.1 Å². The second-order valence-electron chi connectivity index (χ2n) is 3.68. The molecule has 88 valence electrons. The van der Waals surface area contributed by atoms with Gasteiger partial charge in [0, 0.05) is 11.6 Å². The standard InChI is InChI=1S/C10H10F3NO2/c1-6(2)8-4-3-7(10(11,12)13)5-9(8)14(15)16/h3-6H,1-2H3. The van der Waals surface area contributed by atoms with Gasteiger partial charge in [0.15, 0.2) is 0 Å². The first kappa shape index (κ1) is 12.5. The molecule has 1 aromatic carbocycles. The Hall–Kier alpha value is -1.59. The third-order valence-corrected chi connectivity index (χ3v) is 2.18. The van der Waals surface area contributed by atoms with Crippen molar-refractivity contribution in [1.29, 1.82) is 0 Å². The average molecular weight is 233 g/mol. The lowest BCUT2D eigenvalue weighted by Gasteiger charge is -2.10. The Morgan fingerprint density at radius 1 is 1.31 bits per heavy atom. The predicted molar refractivity (Wildman–Crippen MR) is 52.2 cm³/mol. The summed E-state index contributed by atoms with van der Waals surface area (Å²) in [5.74, 6) is -0.192. The number of hydrogen-bond acceptors (Lipinski definition) is 2. The molecular formula is C10H10F3NO2. The highest BCUT2D eigenvalue weighted by Gasteiger charge is 2.33. The van der Waals surface area contributed by atoms with E-state index in [9.17, 15) is 23.3 Å². The van der Waals surface area contributed by atoms with Gasteiger partial charge in [-0.2, -0.15) is 13.2 Å². The van der Waals surface area contributed by atoms with E-state index < -0.39 is 22.4 Å². The van der Waals surface area contributed by atoms with Crippen molar-refractivity contribution in [1.82, 2.24) is 0 Å². The summed E-state index contributed by atoms with van der Waals surface area (Å²) in [5, 5.41) is 10.6. The van der Waals surface area contributed by atoms with Gasteiger partial charge in [-0.1, -0.05) is 19.9 Å². The van der Waals surface area contributed by atoms with Crippen molar-refractivity contribution in [3.05, 3.63) is 39.4 Å². The molecular weight excluding hydrogens is 223 g/mol. The predicted octanol–water partition coefficient (Wildman–Crippen LogP) is 3.74. The van der Waals surface area contributed by atoms with Crippen LogP contribution in [0, 0.1) is 10.1 Å². The normalized spacial score (nSPS) is 11.9. The molecule has 1 aromatic rings. The highest BCUT2D eigenvalue weighted by atomic mass is 19.4. The lowest BCUT2D eigenvalue weighted by molar-refractivity contribution is -0.385. The Kier molecular flexibility index (Phi) is 3.21. The third kappa shape index (κ3) is 2.50. The molecule has 0 heterocycles. The molecule has 0 aliphatic heterocycles. The molecule has 0 aliphatic rings. The monoisotopic (exact) mass is 233 g/mol. The van der Waals surface area contributed by atoms with Crippen LogP contribution in [0.25, 0.3) is 0 Å². The zero-order chi connectivity index (χ0) is 12.5. The molecule has 0 atom stereocenters. The maximum Gasteiger partial charge on any atom is 0.416 e. The Bertz CT molecular complexity index is 413. The minimum Gasteiger partial charge on any atom is -0.258 e. The van der Waals surface area contributed by atoms with Crippen LogP contribution in [0.5, 0.6) is 0 Å². The molecule has 0 radical (unpaired) electrons. The van der Waals surface area contributed by atoms with Gasteiger partial charge >= 0.3 is 6.18 Å². The zero-order valence-corrected chi connectivity index (χ0v) is 8.71. The lowest BCUT2D eigenvalue weighted by atomic mass is 9.99. The van der Waals surface area contributed by atoms with Gasteiger partial charge in [0.2, 0.25) is 0 Å². The number of nitro benzene ring substituents is 1. The summed E-state index contributed by atoms with van der Waals surface area (Å²) in [4.78, 5) is 9.86. The van der Waals surface area contributed by atoms with Crippen molar-refractivity contribution in [2.45, 2.75) is 25.9 Å². The number of nitro groups is 1. The van der Waals surface area contributed by atoms with Gasteiger partial charge in [-0.15, -0.1) is 0 Å². The number of benzene rings is 1. The maximum absolute atomic E-state index is 12.3. The van der Waals surface area contributed by atoms with Gasteiger partial charge in [0.1, 0.15) is 0 Å². The molecule has 0 saturated heterocycles. The van der Waals surface area contributed by atoms with Crippen LogP contribution >= 0.6 is 0 Å². The molecule has 0 N–H and O–H groups in total. The smallest absolute Gasteiger partial charge is 0.258 e. The molecule has 0 aromatic heterocycles.